The fourth-order valence-corrected chi connectivity index (χ4v) is 2.68. The minimum atomic E-state index is -2.92. The number of aliphatic hydroxyl groups is 1. The summed E-state index contributed by atoms with van der Waals surface area (Å²) in [5, 5.41) is 20.1. The van der Waals surface area contributed by atoms with Crippen molar-refractivity contribution in [3.8, 4) is 6.07 Å². The third kappa shape index (κ3) is 8.63. The van der Waals surface area contributed by atoms with Crippen LogP contribution >= 0.6 is 6.72 Å². The molecule has 0 amide bonds. The Hall–Kier alpha value is -0.0600. The third-order valence-electron chi connectivity index (χ3n) is 1.75. The van der Waals surface area contributed by atoms with Crippen LogP contribution in [0.25, 0.3) is 0 Å². The van der Waals surface area contributed by atoms with Gasteiger partial charge in [-0.2, -0.15) is 5.26 Å². The molecule has 0 saturated heterocycles. The molecule has 0 saturated carbocycles. The summed E-state index contributed by atoms with van der Waals surface area (Å²) >= 11 is 5.07. The van der Waals surface area contributed by atoms with Gasteiger partial charge in [-0.05, 0) is 31.3 Å². The topological polar surface area (TPSA) is 83.7 Å². The van der Waals surface area contributed by atoms with Crippen molar-refractivity contribution >= 4 is 18.5 Å². The van der Waals surface area contributed by atoms with Gasteiger partial charge in [0.2, 0.25) is 0 Å². The largest absolute Gasteiger partial charge is 0.370 e. The third-order valence-corrected chi connectivity index (χ3v) is 4.09. The summed E-state index contributed by atoms with van der Waals surface area (Å²) in [4.78, 5) is 0. The van der Waals surface area contributed by atoms with Gasteiger partial charge in [-0.25, -0.2) is 0 Å². The SMILES string of the molecule is CNCC(C)COP(=S)(OCO)OCCC#N. The van der Waals surface area contributed by atoms with E-state index in [0.29, 0.717) is 6.61 Å². The zero-order valence-electron chi connectivity index (χ0n) is 10.1. The number of rotatable bonds is 10. The van der Waals surface area contributed by atoms with Crippen molar-refractivity contribution in [2.24, 2.45) is 5.92 Å². The molecule has 2 unspecified atom stereocenters. The number of aliphatic hydroxyl groups excluding tert-OH is 1. The molecule has 2 N–H and O–H groups in total. The maximum absolute atomic E-state index is 8.73. The standard InChI is InChI=1S/C9H19N2O4PS/c1-9(6-11-2)7-14-16(17,15-8-12)13-5-3-4-10/h9,11-12H,3,5-8H2,1-2H3. The number of nitriles is 1. The molecule has 0 aromatic carbocycles. The highest BCUT2D eigenvalue weighted by molar-refractivity contribution is 8.07. The van der Waals surface area contributed by atoms with Gasteiger partial charge in [0.05, 0.1) is 25.7 Å². The Balaban J connectivity index is 4.11. The van der Waals surface area contributed by atoms with Gasteiger partial charge in [-0.3, -0.25) is 4.52 Å². The van der Waals surface area contributed by atoms with E-state index in [4.69, 9.17) is 35.7 Å². The highest BCUT2D eigenvalue weighted by Gasteiger charge is 2.21. The van der Waals surface area contributed by atoms with E-state index in [2.05, 4.69) is 5.32 Å². The van der Waals surface area contributed by atoms with Crippen molar-refractivity contribution in [2.45, 2.75) is 13.3 Å². The second kappa shape index (κ2) is 9.92. The fourth-order valence-electron chi connectivity index (χ4n) is 1.01. The zero-order chi connectivity index (χ0) is 13.1. The summed E-state index contributed by atoms with van der Waals surface area (Å²) in [7, 11) is 1.85. The lowest BCUT2D eigenvalue weighted by atomic mass is 10.2. The van der Waals surface area contributed by atoms with Crippen LogP contribution in [0, 0.1) is 17.2 Å². The van der Waals surface area contributed by atoms with Crippen LogP contribution in [-0.4, -0.2) is 38.7 Å². The van der Waals surface area contributed by atoms with Gasteiger partial charge in [-0.15, -0.1) is 0 Å². The fraction of sp³-hybridized carbons (Fsp3) is 0.889. The molecule has 0 radical (unpaired) electrons. The predicted molar refractivity (Wildman–Crippen MR) is 67.7 cm³/mol. The molecule has 8 heteroatoms. The van der Waals surface area contributed by atoms with E-state index in [1.807, 2.05) is 20.0 Å². The molecule has 0 aliphatic heterocycles. The first kappa shape index (κ1) is 16.9. The highest BCUT2D eigenvalue weighted by atomic mass is 32.5. The van der Waals surface area contributed by atoms with Crippen LogP contribution in [0.1, 0.15) is 13.3 Å². The molecule has 0 aromatic heterocycles. The van der Waals surface area contributed by atoms with Crippen LogP contribution in [0.3, 0.4) is 0 Å². The molecule has 0 aliphatic carbocycles. The Kier molecular flexibility index (Phi) is 9.88. The molecular formula is C9H19N2O4PS. The number of hydrogen-bond acceptors (Lipinski definition) is 7. The van der Waals surface area contributed by atoms with Crippen molar-refractivity contribution in [1.82, 2.24) is 5.32 Å². The Labute approximate surface area is 107 Å². The molecule has 6 nitrogen and oxygen atoms in total. The summed E-state index contributed by atoms with van der Waals surface area (Å²) in [5.74, 6) is 0.254. The van der Waals surface area contributed by atoms with E-state index < -0.39 is 13.5 Å². The zero-order valence-corrected chi connectivity index (χ0v) is 11.8. The Morgan fingerprint density at radius 1 is 1.47 bits per heavy atom. The average Bonchev–Trinajstić information content (AvgIpc) is 2.28. The van der Waals surface area contributed by atoms with E-state index >= 15 is 0 Å². The monoisotopic (exact) mass is 282 g/mol. The first-order valence-electron chi connectivity index (χ1n) is 5.24. The Bertz CT molecular complexity index is 285. The van der Waals surface area contributed by atoms with Gasteiger partial charge >= 0.3 is 6.72 Å². The van der Waals surface area contributed by atoms with Crippen LogP contribution in [-0.2, 0) is 25.4 Å². The lowest BCUT2D eigenvalue weighted by molar-refractivity contribution is 0.0575. The molecule has 2 atom stereocenters. The molecule has 0 aromatic rings. The summed E-state index contributed by atoms with van der Waals surface area (Å²) in [6, 6.07) is 1.93. The van der Waals surface area contributed by atoms with Gasteiger partial charge < -0.3 is 19.5 Å². The molecule has 17 heavy (non-hydrogen) atoms. The summed E-state index contributed by atoms with van der Waals surface area (Å²) in [5.41, 5.74) is 0. The number of hydrogen-bond donors (Lipinski definition) is 2. The first-order chi connectivity index (χ1) is 8.08. The molecule has 0 bridgehead atoms. The maximum Gasteiger partial charge on any atom is 0.329 e. The number of nitrogens with one attached hydrogen (secondary N) is 1. The molecule has 0 rings (SSSR count). The molecule has 0 aliphatic rings. The van der Waals surface area contributed by atoms with Crippen LogP contribution in [0.4, 0.5) is 0 Å². The second-order valence-corrected chi connectivity index (χ2v) is 6.42. The molecule has 0 fully saturated rings. The molecule has 0 heterocycles. The van der Waals surface area contributed by atoms with Gasteiger partial charge in [0.1, 0.15) is 0 Å². The van der Waals surface area contributed by atoms with Crippen molar-refractivity contribution in [3.05, 3.63) is 0 Å². The van der Waals surface area contributed by atoms with E-state index in [9.17, 15) is 0 Å². The van der Waals surface area contributed by atoms with E-state index in [-0.39, 0.29) is 18.9 Å². The number of nitrogens with zero attached hydrogens (tertiary/aromatic N) is 1. The molecular weight excluding hydrogens is 263 g/mol. The Morgan fingerprint density at radius 2 is 2.18 bits per heavy atom. The minimum absolute atomic E-state index is 0.147. The summed E-state index contributed by atoms with van der Waals surface area (Å²) in [6.07, 6.45) is 0.211. The van der Waals surface area contributed by atoms with Crippen LogP contribution in [0.2, 0.25) is 0 Å². The Morgan fingerprint density at radius 3 is 2.71 bits per heavy atom. The van der Waals surface area contributed by atoms with E-state index in [1.54, 1.807) is 0 Å². The van der Waals surface area contributed by atoms with Gasteiger partial charge in [0, 0.05) is 0 Å². The maximum atomic E-state index is 8.73. The van der Waals surface area contributed by atoms with E-state index in [1.165, 1.54) is 0 Å². The summed E-state index contributed by atoms with van der Waals surface area (Å²) < 4.78 is 15.5. The first-order valence-corrected chi connectivity index (χ1v) is 7.79. The second-order valence-electron chi connectivity index (χ2n) is 3.41. The van der Waals surface area contributed by atoms with Gasteiger partial charge in [0.15, 0.2) is 6.79 Å². The van der Waals surface area contributed by atoms with Crippen molar-refractivity contribution in [1.29, 1.82) is 5.26 Å². The van der Waals surface area contributed by atoms with Gasteiger partial charge in [0.25, 0.3) is 0 Å². The van der Waals surface area contributed by atoms with Gasteiger partial charge in [-0.1, -0.05) is 6.92 Å². The van der Waals surface area contributed by atoms with Crippen LogP contribution in [0.5, 0.6) is 0 Å². The predicted octanol–water partition coefficient (Wildman–Crippen LogP) is 0.980. The highest BCUT2D eigenvalue weighted by Crippen LogP contribution is 2.49. The normalized spacial score (nSPS) is 16.1. The minimum Gasteiger partial charge on any atom is -0.370 e. The average molecular weight is 282 g/mol. The summed E-state index contributed by atoms with van der Waals surface area (Å²) in [6.45, 7) is -0.172. The molecule has 0 spiro atoms. The lowest BCUT2D eigenvalue weighted by Crippen LogP contribution is -2.20. The van der Waals surface area contributed by atoms with Crippen molar-refractivity contribution < 1.29 is 18.7 Å². The quantitative estimate of drug-likeness (QED) is 0.351. The van der Waals surface area contributed by atoms with Crippen LogP contribution < -0.4 is 5.32 Å². The van der Waals surface area contributed by atoms with Crippen molar-refractivity contribution in [2.75, 3.05) is 33.6 Å². The van der Waals surface area contributed by atoms with E-state index in [0.717, 1.165) is 6.54 Å². The molecule has 100 valence electrons. The lowest BCUT2D eigenvalue weighted by Gasteiger charge is -2.22. The van der Waals surface area contributed by atoms with Crippen molar-refractivity contribution in [3.63, 3.8) is 0 Å². The van der Waals surface area contributed by atoms with Crippen LogP contribution in [0.15, 0.2) is 0 Å². The smallest absolute Gasteiger partial charge is 0.329 e.